The molecule has 3 aromatic rings. The third kappa shape index (κ3) is 19.6. The van der Waals surface area contributed by atoms with Crippen molar-refractivity contribution in [2.75, 3.05) is 64.4 Å². The summed E-state index contributed by atoms with van der Waals surface area (Å²) >= 11 is 2.90. The predicted molar refractivity (Wildman–Crippen MR) is 392 cm³/mol. The number of amides is 8. The number of hydrogen-bond acceptors (Lipinski definition) is 20. The molecule has 11 rings (SSSR count). The highest BCUT2D eigenvalue weighted by molar-refractivity contribution is 8.00. The molecule has 7 fully saturated rings. The molecule has 0 radical (unpaired) electrons. The van der Waals surface area contributed by atoms with Gasteiger partial charge in [0.05, 0.1) is 12.5 Å². The molecule has 28 heteroatoms. The summed E-state index contributed by atoms with van der Waals surface area (Å²) in [7, 11) is 1.51. The molecule has 14 atom stereocenters. The van der Waals surface area contributed by atoms with Crippen LogP contribution in [0.4, 0.5) is 0 Å². The lowest BCUT2D eigenvalue weighted by atomic mass is 9.88. The average Bonchev–Trinajstić information content (AvgIpc) is 1.74. The molecule has 0 saturated carbocycles. The number of hydrogen-bond donors (Lipinski definition) is 5. The summed E-state index contributed by atoms with van der Waals surface area (Å²) in [4.78, 5) is 189. The Kier molecular flexibility index (Phi) is 26.9. The number of aliphatic hydroxyl groups is 1. The van der Waals surface area contributed by atoms with Crippen LogP contribution in [0.3, 0.4) is 0 Å². The maximum atomic E-state index is 15.9. The van der Waals surface area contributed by atoms with Crippen molar-refractivity contribution in [2.45, 2.75) is 196 Å². The van der Waals surface area contributed by atoms with Gasteiger partial charge >= 0.3 is 11.9 Å². The van der Waals surface area contributed by atoms with Crippen molar-refractivity contribution in [2.24, 2.45) is 17.8 Å². The molecule has 5 N–H and O–H groups in total. The quantitative estimate of drug-likeness (QED) is 0.141. The number of carbonyl (C=O) groups excluding carboxylic acids is 12. The van der Waals surface area contributed by atoms with Gasteiger partial charge in [-0.05, 0) is 109 Å². The van der Waals surface area contributed by atoms with Gasteiger partial charge in [0, 0.05) is 99.3 Å². The van der Waals surface area contributed by atoms with E-state index in [1.807, 2.05) is 38.1 Å². The van der Waals surface area contributed by atoms with Gasteiger partial charge in [0.1, 0.15) is 65.8 Å². The fourth-order valence-corrected chi connectivity index (χ4v) is 18.0. The number of aryl methyl sites for hydroxylation is 1. The molecule has 4 bridgehead atoms. The van der Waals surface area contributed by atoms with Crippen LogP contribution >= 0.6 is 23.5 Å². The average molecular weight is 1490 g/mol. The predicted octanol–water partition coefficient (Wildman–Crippen LogP) is 4.95. The van der Waals surface area contributed by atoms with Crippen LogP contribution in [0, 0.1) is 24.7 Å². The number of aliphatic hydroxyl groups excluding tert-OH is 1. The topological polar surface area (TPSA) is 334 Å². The second kappa shape index (κ2) is 35.7. The first-order valence-corrected chi connectivity index (χ1v) is 38.9. The fourth-order valence-electron chi connectivity index (χ4n) is 15.0. The van der Waals surface area contributed by atoms with Crippen LogP contribution in [0.5, 0.6) is 0 Å². The maximum absolute atomic E-state index is 15.9. The Morgan fingerprint density at radius 3 is 2.24 bits per heavy atom. The first-order valence-electron chi connectivity index (χ1n) is 36.8. The smallest absolute Gasteiger partial charge is 0.333 e. The number of oxazole rings is 1. The molecular formula is C77H100N10O16S2. The number of aromatic nitrogens is 1. The molecule has 3 unspecified atom stereocenters. The maximum Gasteiger partial charge on any atom is 0.333 e. The number of Topliss-reactive ketones (excluding diaryl/α,β-unsaturated/α-hetero) is 2. The number of nitrogens with one attached hydrogen (secondary N) is 4. The van der Waals surface area contributed by atoms with Crippen LogP contribution in [0.2, 0.25) is 0 Å². The van der Waals surface area contributed by atoms with E-state index in [0.29, 0.717) is 35.6 Å². The largest absolute Gasteiger partial charge is 0.460 e. The highest BCUT2D eigenvalue weighted by Gasteiger charge is 2.51. The minimum absolute atomic E-state index is 0.00420. The number of likely N-dealkylation sites (N-methyl/N-ethyl adjacent to an activating group) is 1. The molecule has 7 saturated heterocycles. The Bertz CT molecular complexity index is 3800. The van der Waals surface area contributed by atoms with E-state index in [-0.39, 0.29) is 105 Å². The SMILES string of the molecule is CC[C@H]1OC(=O)C2C(SCCC(=O)N[C@@H]3C(=O)N[C@@](C)(CC)C(=O)N4CCC[C@H]4C(=O)N(C)[C@@H](Cc4ccc(C)cc4)C(=O)N4C[C@@H](CSC5CN6CCC5CC6)C(=O)C[C@H]4C(=O)N[C@@H](c4ccccc4)C(=O)O[C@@H]3C)CCN2C(=O)c2coc(n2)CC(=O)C[C@H](O)/C=C(C)/C=C/CNC(=O)/C=C/[C@H]1C. The van der Waals surface area contributed by atoms with Gasteiger partial charge < -0.3 is 64.8 Å². The second-order valence-electron chi connectivity index (χ2n) is 29.1. The van der Waals surface area contributed by atoms with Crippen LogP contribution in [0.1, 0.15) is 145 Å². The van der Waals surface area contributed by atoms with E-state index in [0.717, 1.165) is 44.3 Å². The van der Waals surface area contributed by atoms with Crippen LogP contribution in [-0.4, -0.2) is 234 Å². The van der Waals surface area contributed by atoms with E-state index >= 15 is 28.8 Å². The number of allylic oxidation sites excluding steroid dienone is 2. The molecule has 566 valence electrons. The number of benzene rings is 2. The van der Waals surface area contributed by atoms with Crippen molar-refractivity contribution in [1.29, 1.82) is 0 Å². The van der Waals surface area contributed by atoms with Gasteiger partial charge in [0.25, 0.3) is 5.91 Å². The molecule has 8 amide bonds. The number of nitrogens with zero attached hydrogens (tertiary/aromatic N) is 6. The van der Waals surface area contributed by atoms with E-state index in [9.17, 15) is 33.9 Å². The number of piperidine rings is 4. The van der Waals surface area contributed by atoms with Crippen molar-refractivity contribution in [3.05, 3.63) is 125 Å². The van der Waals surface area contributed by atoms with Crippen molar-refractivity contribution in [3.8, 4) is 0 Å². The Hall–Kier alpha value is -8.47. The van der Waals surface area contributed by atoms with Crippen LogP contribution in [0.15, 0.2) is 101 Å². The summed E-state index contributed by atoms with van der Waals surface area (Å²) in [6.07, 6.45) is 7.38. The normalized spacial score (nSPS) is 32.2. The lowest BCUT2D eigenvalue weighted by molar-refractivity contribution is -0.158. The van der Waals surface area contributed by atoms with Gasteiger partial charge in [-0.2, -0.15) is 23.5 Å². The minimum Gasteiger partial charge on any atom is -0.460 e. The summed E-state index contributed by atoms with van der Waals surface area (Å²) < 4.78 is 18.0. The first-order chi connectivity index (χ1) is 50.2. The van der Waals surface area contributed by atoms with Gasteiger partial charge in [0.15, 0.2) is 11.7 Å². The number of cyclic esters (lactones) is 2. The van der Waals surface area contributed by atoms with E-state index in [2.05, 4.69) is 31.2 Å². The number of fused-ring (bicyclic) bond motifs is 8. The molecule has 0 spiro atoms. The molecule has 0 aliphatic carbocycles. The lowest BCUT2D eigenvalue weighted by Gasteiger charge is -2.45. The van der Waals surface area contributed by atoms with Crippen molar-refractivity contribution in [1.82, 2.24) is 50.8 Å². The Balaban J connectivity index is 0.926. The van der Waals surface area contributed by atoms with Gasteiger partial charge in [0.2, 0.25) is 47.2 Å². The van der Waals surface area contributed by atoms with Crippen LogP contribution in [0.25, 0.3) is 0 Å². The molecule has 1 aromatic heterocycles. The zero-order valence-corrected chi connectivity index (χ0v) is 62.8. The number of esters is 2. The monoisotopic (exact) mass is 1480 g/mol. The number of ether oxygens (including phenoxy) is 2. The summed E-state index contributed by atoms with van der Waals surface area (Å²) in [5.41, 5.74) is 0.611. The van der Waals surface area contributed by atoms with Gasteiger partial charge in [-0.15, -0.1) is 0 Å². The van der Waals surface area contributed by atoms with Crippen LogP contribution in [-0.2, 0) is 75.1 Å². The number of rotatable bonds is 13. The Labute approximate surface area is 621 Å². The standard InChI is InChI=1S/C77H100N10O16S2/c1-9-60-47(5)22-25-63(91)78-30-14-16-46(4)36-53(88)38-54(89)39-65-79-55(43-101-65)71(95)86-34-28-61(68(86)75(99)103-60)104-35-29-64(92)80-66-48(6)102-74(98)67(51-17-12-11-13-18-51)81-69(93)57-40-59(90)52(44-105-62-42-84-32-26-50(62)27-33-84)41-87(57)73(97)58(37-49-23-20-45(3)21-24-49)83(8)72(96)56-19-15-31-85(56)76(100)77(7,10-2)82-70(66)94/h11-14,16-18,20-25,36,43,47-48,50,52-53,56-58,60-62,66-68,88H,9-10,15,19,26-35,37-42,44H2,1-8H3,(H,78,91)(H,80,92)(H,81,93)(H,82,94)/b16-14+,25-22+,46-36+/t47-,48-,52+,53-,56+,57+,58+,60-,61?,62?,66+,67+,68?,77+/m1/s1. The Morgan fingerprint density at radius 2 is 1.53 bits per heavy atom. The molecule has 8 aliphatic heterocycles. The molecule has 8 aliphatic rings. The lowest BCUT2D eigenvalue weighted by Crippen LogP contribution is -2.65. The highest BCUT2D eigenvalue weighted by Crippen LogP contribution is 2.38. The minimum atomic E-state index is -1.75. The van der Waals surface area contributed by atoms with Gasteiger partial charge in [-0.3, -0.25) is 47.9 Å². The number of ketones is 2. The highest BCUT2D eigenvalue weighted by atomic mass is 32.2. The van der Waals surface area contributed by atoms with E-state index < -0.39 is 149 Å². The molecular weight excluding hydrogens is 1390 g/mol. The summed E-state index contributed by atoms with van der Waals surface area (Å²) in [6.45, 7) is 14.9. The van der Waals surface area contributed by atoms with E-state index in [1.165, 1.54) is 64.4 Å². The zero-order valence-electron chi connectivity index (χ0n) is 61.2. The fraction of sp³-hybridized carbons (Fsp3) is 0.571. The summed E-state index contributed by atoms with van der Waals surface area (Å²) in [6, 6.07) is 7.21. The third-order valence-corrected chi connectivity index (χ3v) is 24.4. The molecule has 2 aromatic carbocycles. The Morgan fingerprint density at radius 1 is 0.790 bits per heavy atom. The number of carbonyl (C=O) groups is 12. The van der Waals surface area contributed by atoms with Crippen molar-refractivity contribution < 1.29 is 76.5 Å². The number of thioether (sulfide) groups is 2. The summed E-state index contributed by atoms with van der Waals surface area (Å²) in [5.74, 6) is -8.31. The molecule has 105 heavy (non-hydrogen) atoms. The molecule has 26 nitrogen and oxygen atoms in total. The van der Waals surface area contributed by atoms with Gasteiger partial charge in [-0.25, -0.2) is 14.6 Å². The molecule has 9 heterocycles. The van der Waals surface area contributed by atoms with Gasteiger partial charge in [-0.1, -0.05) is 111 Å². The van der Waals surface area contributed by atoms with Crippen molar-refractivity contribution in [3.63, 3.8) is 0 Å². The van der Waals surface area contributed by atoms with E-state index in [4.69, 9.17) is 13.9 Å². The zero-order chi connectivity index (χ0) is 75.4. The van der Waals surface area contributed by atoms with Crippen molar-refractivity contribution >= 4 is 94.3 Å². The summed E-state index contributed by atoms with van der Waals surface area (Å²) in [5, 5.41) is 21.5. The second-order valence-corrected chi connectivity index (χ2v) is 31.7. The van der Waals surface area contributed by atoms with Crippen LogP contribution < -0.4 is 21.3 Å². The van der Waals surface area contributed by atoms with E-state index in [1.54, 1.807) is 81.1 Å². The third-order valence-electron chi connectivity index (χ3n) is 21.5. The first kappa shape index (κ1) is 79.1.